The van der Waals surface area contributed by atoms with Crippen LogP contribution < -0.4 is 10.5 Å². The Kier molecular flexibility index (Phi) is 4.39. The second-order valence-electron chi connectivity index (χ2n) is 5.43. The van der Waals surface area contributed by atoms with Gasteiger partial charge in [0.2, 0.25) is 10.0 Å². The summed E-state index contributed by atoms with van der Waals surface area (Å²) in [7, 11) is -2.08. The highest BCUT2D eigenvalue weighted by Crippen LogP contribution is 2.19. The van der Waals surface area contributed by atoms with E-state index in [9.17, 15) is 13.2 Å². The van der Waals surface area contributed by atoms with Crippen LogP contribution in [-0.2, 0) is 17.1 Å². The fourth-order valence-corrected chi connectivity index (χ4v) is 2.87. The number of benzene rings is 2. The smallest absolute Gasteiger partial charge is 0.273 e. The predicted molar refractivity (Wildman–Crippen MR) is 94.4 cm³/mol. The SMILES string of the molecule is Cn1nc(-c2ccccc2)cc1C(=O)Nc1ccc(S(N)(=O)=O)cc1. The zero-order valence-corrected chi connectivity index (χ0v) is 14.2. The quantitative estimate of drug-likeness (QED) is 0.745. The lowest BCUT2D eigenvalue weighted by Crippen LogP contribution is -2.16. The third kappa shape index (κ3) is 3.76. The van der Waals surface area contributed by atoms with Crippen molar-refractivity contribution in [2.75, 3.05) is 5.32 Å². The first-order valence-electron chi connectivity index (χ1n) is 7.38. The van der Waals surface area contributed by atoms with Crippen molar-refractivity contribution in [2.24, 2.45) is 12.2 Å². The van der Waals surface area contributed by atoms with Crippen molar-refractivity contribution in [1.82, 2.24) is 9.78 Å². The summed E-state index contributed by atoms with van der Waals surface area (Å²) in [5.41, 5.74) is 2.45. The highest BCUT2D eigenvalue weighted by atomic mass is 32.2. The zero-order valence-electron chi connectivity index (χ0n) is 13.4. The molecule has 7 nitrogen and oxygen atoms in total. The molecule has 2 aromatic carbocycles. The molecule has 0 saturated carbocycles. The molecule has 1 heterocycles. The van der Waals surface area contributed by atoms with E-state index in [1.165, 1.54) is 28.9 Å². The highest BCUT2D eigenvalue weighted by Gasteiger charge is 2.15. The van der Waals surface area contributed by atoms with Crippen molar-refractivity contribution >= 4 is 21.6 Å². The summed E-state index contributed by atoms with van der Waals surface area (Å²) in [6.07, 6.45) is 0. The number of aryl methyl sites for hydroxylation is 1. The number of sulfonamides is 1. The third-order valence-electron chi connectivity index (χ3n) is 3.62. The summed E-state index contributed by atoms with van der Waals surface area (Å²) < 4.78 is 24.0. The molecular weight excluding hydrogens is 340 g/mol. The number of rotatable bonds is 4. The molecule has 3 N–H and O–H groups in total. The van der Waals surface area contributed by atoms with Crippen LogP contribution in [0, 0.1) is 0 Å². The number of nitrogens with two attached hydrogens (primary N) is 1. The molecule has 0 aliphatic rings. The number of nitrogens with zero attached hydrogens (tertiary/aromatic N) is 2. The zero-order chi connectivity index (χ0) is 18.0. The van der Waals surface area contributed by atoms with Crippen LogP contribution in [0.3, 0.4) is 0 Å². The van der Waals surface area contributed by atoms with Crippen LogP contribution in [-0.4, -0.2) is 24.1 Å². The molecule has 25 heavy (non-hydrogen) atoms. The molecule has 0 atom stereocenters. The van der Waals surface area contributed by atoms with Gasteiger partial charge in [0.15, 0.2) is 0 Å². The Morgan fingerprint density at radius 2 is 1.72 bits per heavy atom. The monoisotopic (exact) mass is 356 g/mol. The van der Waals surface area contributed by atoms with Gasteiger partial charge in [-0.15, -0.1) is 0 Å². The fraction of sp³-hybridized carbons (Fsp3) is 0.0588. The van der Waals surface area contributed by atoms with Gasteiger partial charge in [-0.2, -0.15) is 5.10 Å². The maximum Gasteiger partial charge on any atom is 0.273 e. The normalized spacial score (nSPS) is 11.3. The second kappa shape index (κ2) is 6.50. The average Bonchev–Trinajstić information content (AvgIpc) is 2.97. The van der Waals surface area contributed by atoms with Crippen molar-refractivity contribution in [3.63, 3.8) is 0 Å². The molecule has 128 valence electrons. The molecule has 0 saturated heterocycles. The molecule has 0 bridgehead atoms. The maximum atomic E-state index is 12.4. The van der Waals surface area contributed by atoms with Gasteiger partial charge in [0.1, 0.15) is 5.69 Å². The largest absolute Gasteiger partial charge is 0.321 e. The summed E-state index contributed by atoms with van der Waals surface area (Å²) in [6.45, 7) is 0. The molecule has 1 amide bonds. The Balaban J connectivity index is 1.81. The van der Waals surface area contributed by atoms with Gasteiger partial charge in [-0.3, -0.25) is 9.48 Å². The van der Waals surface area contributed by atoms with E-state index >= 15 is 0 Å². The van der Waals surface area contributed by atoms with Crippen molar-refractivity contribution in [3.05, 3.63) is 66.4 Å². The molecule has 3 rings (SSSR count). The van der Waals surface area contributed by atoms with Crippen molar-refractivity contribution in [1.29, 1.82) is 0 Å². The second-order valence-corrected chi connectivity index (χ2v) is 6.99. The lowest BCUT2D eigenvalue weighted by Gasteiger charge is -2.06. The number of carbonyl (C=O) groups is 1. The van der Waals surface area contributed by atoms with Gasteiger partial charge in [0.05, 0.1) is 10.6 Å². The summed E-state index contributed by atoms with van der Waals surface area (Å²) in [4.78, 5) is 12.4. The molecule has 8 heteroatoms. The summed E-state index contributed by atoms with van der Waals surface area (Å²) in [5.74, 6) is -0.347. The Morgan fingerprint density at radius 3 is 2.32 bits per heavy atom. The number of hydrogen-bond acceptors (Lipinski definition) is 4. The number of aromatic nitrogens is 2. The van der Waals surface area contributed by atoms with Gasteiger partial charge in [-0.1, -0.05) is 30.3 Å². The number of hydrogen-bond donors (Lipinski definition) is 2. The van der Waals surface area contributed by atoms with Crippen LogP contribution in [0.2, 0.25) is 0 Å². The first kappa shape index (κ1) is 16.9. The van der Waals surface area contributed by atoms with E-state index in [2.05, 4.69) is 10.4 Å². The van der Waals surface area contributed by atoms with Crippen LogP contribution >= 0.6 is 0 Å². The Morgan fingerprint density at radius 1 is 1.08 bits per heavy atom. The van der Waals surface area contributed by atoms with Crippen LogP contribution in [0.4, 0.5) is 5.69 Å². The Labute approximate surface area is 145 Å². The lowest BCUT2D eigenvalue weighted by molar-refractivity contribution is 0.101. The van der Waals surface area contributed by atoms with E-state index in [1.54, 1.807) is 13.1 Å². The predicted octanol–water partition coefficient (Wildman–Crippen LogP) is 1.99. The Hall–Kier alpha value is -2.97. The molecule has 0 aliphatic heterocycles. The van der Waals surface area contributed by atoms with Crippen LogP contribution in [0.1, 0.15) is 10.5 Å². The van der Waals surface area contributed by atoms with E-state index in [-0.39, 0.29) is 10.8 Å². The van der Waals surface area contributed by atoms with Gasteiger partial charge in [-0.05, 0) is 30.3 Å². The fourth-order valence-electron chi connectivity index (χ4n) is 2.35. The minimum Gasteiger partial charge on any atom is -0.321 e. The van der Waals surface area contributed by atoms with Crippen LogP contribution in [0.5, 0.6) is 0 Å². The van der Waals surface area contributed by atoms with Crippen molar-refractivity contribution < 1.29 is 13.2 Å². The molecule has 3 aromatic rings. The number of primary sulfonamides is 1. The average molecular weight is 356 g/mol. The topological polar surface area (TPSA) is 107 Å². The molecular formula is C17H16N4O3S. The van der Waals surface area contributed by atoms with E-state index in [4.69, 9.17) is 5.14 Å². The number of nitrogens with one attached hydrogen (secondary N) is 1. The molecule has 1 aromatic heterocycles. The third-order valence-corrected chi connectivity index (χ3v) is 4.55. The van der Waals surface area contributed by atoms with Gasteiger partial charge in [0, 0.05) is 18.3 Å². The molecule has 0 unspecified atom stereocenters. The Bertz CT molecular complexity index is 1010. The summed E-state index contributed by atoms with van der Waals surface area (Å²) in [6, 6.07) is 16.9. The van der Waals surface area contributed by atoms with Crippen molar-refractivity contribution in [2.45, 2.75) is 4.90 Å². The molecule has 0 spiro atoms. The van der Waals surface area contributed by atoms with Crippen molar-refractivity contribution in [3.8, 4) is 11.3 Å². The highest BCUT2D eigenvalue weighted by molar-refractivity contribution is 7.89. The molecule has 0 radical (unpaired) electrons. The minimum atomic E-state index is -3.76. The van der Waals surface area contributed by atoms with Gasteiger partial charge in [0.25, 0.3) is 5.91 Å². The summed E-state index contributed by atoms with van der Waals surface area (Å²) >= 11 is 0. The molecule has 0 fully saturated rings. The van der Waals surface area contributed by atoms with Gasteiger partial charge in [-0.25, -0.2) is 13.6 Å². The first-order valence-corrected chi connectivity index (χ1v) is 8.93. The van der Waals surface area contributed by atoms with Gasteiger partial charge >= 0.3 is 0 Å². The van der Waals surface area contributed by atoms with Crippen LogP contribution in [0.15, 0.2) is 65.6 Å². The molecule has 0 aliphatic carbocycles. The van der Waals surface area contributed by atoms with E-state index in [0.717, 1.165) is 5.56 Å². The standard InChI is InChI=1S/C17H16N4O3S/c1-21-16(11-15(20-21)12-5-3-2-4-6-12)17(22)19-13-7-9-14(10-8-13)25(18,23)24/h2-11H,1H3,(H,19,22)(H2,18,23,24). The maximum absolute atomic E-state index is 12.4. The summed E-state index contributed by atoms with van der Waals surface area (Å²) in [5, 5.41) is 12.1. The van der Waals surface area contributed by atoms with E-state index in [0.29, 0.717) is 17.1 Å². The lowest BCUT2D eigenvalue weighted by atomic mass is 10.1. The van der Waals surface area contributed by atoms with Crippen LogP contribution in [0.25, 0.3) is 11.3 Å². The number of carbonyl (C=O) groups excluding carboxylic acids is 1. The van der Waals surface area contributed by atoms with E-state index < -0.39 is 10.0 Å². The number of anilines is 1. The van der Waals surface area contributed by atoms with E-state index in [1.807, 2.05) is 30.3 Å². The number of amides is 1. The minimum absolute atomic E-state index is 0.0163. The van der Waals surface area contributed by atoms with Gasteiger partial charge < -0.3 is 5.32 Å². The first-order chi connectivity index (χ1) is 11.8.